The molecule has 3 aromatic rings. The molecular formula is C21H24ClFN6O3. The third-order valence-electron chi connectivity index (χ3n) is 6.15. The maximum Gasteiger partial charge on any atom is 0.223 e. The van der Waals surface area contributed by atoms with E-state index in [1.807, 2.05) is 23.4 Å². The first-order valence-electron chi connectivity index (χ1n) is 10.5. The summed E-state index contributed by atoms with van der Waals surface area (Å²) in [6, 6.07) is 2.60. The number of ether oxygens (including phenoxy) is 1. The topological polar surface area (TPSA) is 109 Å². The first-order valence-corrected chi connectivity index (χ1v) is 10.9. The molecule has 2 aromatic heterocycles. The number of halogens is 2. The number of likely N-dealkylation sites (N-methyl/N-ethyl adjacent to an activating group) is 1. The van der Waals surface area contributed by atoms with E-state index in [0.29, 0.717) is 42.3 Å². The molecule has 32 heavy (non-hydrogen) atoms. The summed E-state index contributed by atoms with van der Waals surface area (Å²) in [6.07, 6.45) is 0.773. The minimum Gasteiger partial charge on any atom is -0.389 e. The van der Waals surface area contributed by atoms with Gasteiger partial charge in [-0.25, -0.2) is 19.3 Å². The fourth-order valence-electron chi connectivity index (χ4n) is 4.33. The second-order valence-corrected chi connectivity index (χ2v) is 8.78. The number of nitrogens with one attached hydrogen (secondary N) is 1. The van der Waals surface area contributed by atoms with Crippen LogP contribution in [0.1, 0.15) is 19.4 Å². The highest BCUT2D eigenvalue weighted by Crippen LogP contribution is 2.36. The third kappa shape index (κ3) is 3.57. The minimum absolute atomic E-state index is 0.227. The summed E-state index contributed by atoms with van der Waals surface area (Å²) in [6.45, 7) is 3.07. The van der Waals surface area contributed by atoms with E-state index in [4.69, 9.17) is 16.3 Å². The van der Waals surface area contributed by atoms with Gasteiger partial charge >= 0.3 is 0 Å². The van der Waals surface area contributed by atoms with Crippen LogP contribution in [0.15, 0.2) is 18.3 Å². The molecule has 0 radical (unpaired) electrons. The van der Waals surface area contributed by atoms with Crippen molar-refractivity contribution < 1.29 is 19.3 Å². The largest absolute Gasteiger partial charge is 0.389 e. The van der Waals surface area contributed by atoms with Gasteiger partial charge in [-0.1, -0.05) is 11.6 Å². The number of anilines is 2. The maximum atomic E-state index is 15.1. The summed E-state index contributed by atoms with van der Waals surface area (Å²) in [5, 5.41) is 23.9. The highest BCUT2D eigenvalue weighted by molar-refractivity contribution is 6.33. The molecule has 5 rings (SSSR count). The molecule has 1 saturated heterocycles. The van der Waals surface area contributed by atoms with Crippen LogP contribution in [0.5, 0.6) is 0 Å². The first-order chi connectivity index (χ1) is 15.3. The van der Waals surface area contributed by atoms with Gasteiger partial charge in [0.1, 0.15) is 5.52 Å². The Kier molecular flexibility index (Phi) is 5.40. The third-order valence-corrected chi connectivity index (χ3v) is 6.43. The van der Waals surface area contributed by atoms with Crippen LogP contribution >= 0.6 is 11.6 Å². The lowest BCUT2D eigenvalue weighted by atomic mass is 10.1. The van der Waals surface area contributed by atoms with E-state index in [-0.39, 0.29) is 35.2 Å². The Balaban J connectivity index is 1.57. The van der Waals surface area contributed by atoms with Crippen LogP contribution in [0.25, 0.3) is 22.3 Å². The van der Waals surface area contributed by atoms with Crippen molar-refractivity contribution in [2.45, 2.75) is 37.6 Å². The normalized spacial score (nSPS) is 25.8. The van der Waals surface area contributed by atoms with Crippen LogP contribution in [0, 0.1) is 5.82 Å². The number of nitrogens with zero attached hydrogens (tertiary/aromatic N) is 5. The highest BCUT2D eigenvalue weighted by Gasteiger charge is 2.31. The molecule has 2 aliphatic rings. The zero-order valence-corrected chi connectivity index (χ0v) is 18.4. The van der Waals surface area contributed by atoms with E-state index in [0.717, 1.165) is 0 Å². The molecule has 2 unspecified atom stereocenters. The van der Waals surface area contributed by atoms with Gasteiger partial charge in [-0.2, -0.15) is 0 Å². The number of fused-ring (bicyclic) bond motifs is 3. The number of aromatic nitrogens is 4. The molecule has 4 heterocycles. The second-order valence-electron chi connectivity index (χ2n) is 8.37. The van der Waals surface area contributed by atoms with E-state index >= 15 is 4.39 Å². The monoisotopic (exact) mass is 462 g/mol. The number of aliphatic hydroxyl groups excluding tert-OH is 2. The Morgan fingerprint density at radius 3 is 2.84 bits per heavy atom. The smallest absolute Gasteiger partial charge is 0.223 e. The summed E-state index contributed by atoms with van der Waals surface area (Å²) in [5.41, 5.74) is 1.61. The van der Waals surface area contributed by atoms with Crippen molar-refractivity contribution in [3.63, 3.8) is 0 Å². The molecule has 0 saturated carbocycles. The van der Waals surface area contributed by atoms with Crippen molar-refractivity contribution in [1.82, 2.24) is 19.5 Å². The number of rotatable bonds is 3. The SMILES string of the molecule is CC1C(O)CN(C)c2nc3c(F)cc(-c4nc(N[C@@H]5CCOC[C@H]5O)ncc4Cl)cc3n21. The number of benzene rings is 1. The maximum absolute atomic E-state index is 15.1. The number of imidazole rings is 1. The summed E-state index contributed by atoms with van der Waals surface area (Å²) in [5.74, 6) is 0.381. The lowest BCUT2D eigenvalue weighted by molar-refractivity contribution is -0.0136. The van der Waals surface area contributed by atoms with Crippen LogP contribution in [0.3, 0.4) is 0 Å². The Morgan fingerprint density at radius 1 is 1.25 bits per heavy atom. The molecule has 0 amide bonds. The second kappa shape index (κ2) is 8.11. The van der Waals surface area contributed by atoms with Crippen LogP contribution in [-0.2, 0) is 4.74 Å². The molecule has 2 aliphatic heterocycles. The zero-order chi connectivity index (χ0) is 22.6. The fraction of sp³-hybridized carbons (Fsp3) is 0.476. The molecule has 9 nitrogen and oxygen atoms in total. The summed E-state index contributed by atoms with van der Waals surface area (Å²) < 4.78 is 22.2. The molecule has 170 valence electrons. The van der Waals surface area contributed by atoms with Gasteiger partial charge in [0.2, 0.25) is 11.9 Å². The first kappa shape index (κ1) is 21.3. The molecule has 1 aromatic carbocycles. The average molecular weight is 463 g/mol. The Labute approximate surface area is 188 Å². The van der Waals surface area contributed by atoms with Gasteiger partial charge in [-0.3, -0.25) is 0 Å². The van der Waals surface area contributed by atoms with Crippen LogP contribution < -0.4 is 10.2 Å². The Bertz CT molecular complexity index is 1170. The molecule has 0 aliphatic carbocycles. The Morgan fingerprint density at radius 2 is 2.06 bits per heavy atom. The predicted molar refractivity (Wildman–Crippen MR) is 119 cm³/mol. The molecule has 3 N–H and O–H groups in total. The standard InChI is InChI=1S/C21H24ClFN6O3/c1-10-16(30)8-28(2)21-27-19-13(23)5-11(6-15(19)29(10)21)18-12(22)7-24-20(26-18)25-14-3-4-32-9-17(14)31/h5-7,10,14,16-17,30-31H,3-4,8-9H2,1-2H3,(H,24,25,26)/t10?,14-,16?,17-/m1/s1. The van der Waals surface area contributed by atoms with Crippen molar-refractivity contribution in [1.29, 1.82) is 0 Å². The molecular weight excluding hydrogens is 439 g/mol. The number of aliphatic hydroxyl groups is 2. The molecule has 1 fully saturated rings. The van der Waals surface area contributed by atoms with Gasteiger partial charge in [0.25, 0.3) is 0 Å². The highest BCUT2D eigenvalue weighted by atomic mass is 35.5. The van der Waals surface area contributed by atoms with E-state index in [2.05, 4.69) is 20.3 Å². The van der Waals surface area contributed by atoms with Crippen molar-refractivity contribution >= 4 is 34.5 Å². The predicted octanol–water partition coefficient (Wildman–Crippen LogP) is 2.22. The molecule has 11 heteroatoms. The van der Waals surface area contributed by atoms with Gasteiger partial charge in [0.05, 0.1) is 53.3 Å². The Hall–Kier alpha value is -2.53. The van der Waals surface area contributed by atoms with Crippen LogP contribution in [0.2, 0.25) is 5.02 Å². The van der Waals surface area contributed by atoms with Crippen molar-refractivity contribution in [2.24, 2.45) is 0 Å². The summed E-state index contributed by atoms with van der Waals surface area (Å²) in [4.78, 5) is 15.0. The van der Waals surface area contributed by atoms with Crippen LogP contribution in [-0.4, -0.2) is 74.8 Å². The van der Waals surface area contributed by atoms with Crippen LogP contribution in [0.4, 0.5) is 16.3 Å². The number of β-amino-alcohol motifs (C(OH)–C–C–N with tert-alkyl or cyclic N) is 1. The van der Waals surface area contributed by atoms with Gasteiger partial charge < -0.3 is 29.7 Å². The van der Waals surface area contributed by atoms with E-state index in [1.165, 1.54) is 12.3 Å². The lowest BCUT2D eigenvalue weighted by Gasteiger charge is -2.34. The van der Waals surface area contributed by atoms with Crippen molar-refractivity contribution in [2.75, 3.05) is 37.0 Å². The average Bonchev–Trinajstić information content (AvgIpc) is 3.16. The van der Waals surface area contributed by atoms with Gasteiger partial charge in [-0.05, 0) is 25.5 Å². The van der Waals surface area contributed by atoms with Gasteiger partial charge in [0.15, 0.2) is 5.82 Å². The van der Waals surface area contributed by atoms with Crippen molar-refractivity contribution in [3.05, 3.63) is 29.2 Å². The van der Waals surface area contributed by atoms with Gasteiger partial charge in [-0.15, -0.1) is 0 Å². The zero-order valence-electron chi connectivity index (χ0n) is 17.7. The summed E-state index contributed by atoms with van der Waals surface area (Å²) in [7, 11) is 1.82. The summed E-state index contributed by atoms with van der Waals surface area (Å²) >= 11 is 6.38. The quantitative estimate of drug-likeness (QED) is 0.543. The molecule has 0 bridgehead atoms. The van der Waals surface area contributed by atoms with Gasteiger partial charge in [0, 0.05) is 25.8 Å². The van der Waals surface area contributed by atoms with E-state index < -0.39 is 18.0 Å². The molecule has 4 atom stereocenters. The minimum atomic E-state index is -0.677. The lowest BCUT2D eigenvalue weighted by Crippen LogP contribution is -2.42. The van der Waals surface area contributed by atoms with Crippen molar-refractivity contribution in [3.8, 4) is 11.3 Å². The number of hydrogen-bond acceptors (Lipinski definition) is 8. The fourth-order valence-corrected chi connectivity index (χ4v) is 4.53. The van der Waals surface area contributed by atoms with E-state index in [1.54, 1.807) is 6.07 Å². The number of hydrogen-bond donors (Lipinski definition) is 3. The van der Waals surface area contributed by atoms with E-state index in [9.17, 15) is 10.2 Å². The molecule has 0 spiro atoms.